The summed E-state index contributed by atoms with van der Waals surface area (Å²) in [7, 11) is 0. The second-order valence-electron chi connectivity index (χ2n) is 12.4. The predicted molar refractivity (Wildman–Crippen MR) is 150 cm³/mol. The number of hydrogen-bond donors (Lipinski definition) is 0. The van der Waals surface area contributed by atoms with Crippen molar-refractivity contribution in [3.8, 4) is 11.5 Å². The number of unbranched alkanes of at least 4 members (excludes halogenated alkanes) is 2. The highest BCUT2D eigenvalue weighted by molar-refractivity contribution is 5.35. The van der Waals surface area contributed by atoms with Crippen molar-refractivity contribution in [2.24, 2.45) is 29.6 Å². The Hall–Kier alpha value is -2.16. The fourth-order valence-electron chi connectivity index (χ4n) is 6.96. The Morgan fingerprint density at radius 1 is 0.881 bits per heavy atom. The van der Waals surface area contributed by atoms with E-state index in [9.17, 15) is 26.3 Å². The Balaban J connectivity index is 1.18. The molecule has 2 aliphatic carbocycles. The summed E-state index contributed by atoms with van der Waals surface area (Å²) < 4.78 is 97.5. The fraction of sp³-hybridized carbons (Fsp3) is 0.697. The van der Waals surface area contributed by atoms with Gasteiger partial charge in [0.1, 0.15) is 5.75 Å². The number of alkyl halides is 2. The molecule has 1 aliphatic heterocycles. The van der Waals surface area contributed by atoms with Crippen molar-refractivity contribution in [3.05, 3.63) is 48.3 Å². The first-order valence-corrected chi connectivity index (χ1v) is 15.7. The largest absolute Gasteiger partial charge is 0.453 e. The molecule has 0 N–H and O–H groups in total. The van der Waals surface area contributed by atoms with Crippen LogP contribution >= 0.6 is 0 Å². The third kappa shape index (κ3) is 9.42. The normalized spacial score (nSPS) is 28.9. The molecule has 3 fully saturated rings. The third-order valence-corrected chi connectivity index (χ3v) is 9.44. The van der Waals surface area contributed by atoms with E-state index in [-0.39, 0.29) is 25.2 Å². The number of allylic oxidation sites excluding steroid dienone is 1. The van der Waals surface area contributed by atoms with Gasteiger partial charge in [-0.1, -0.05) is 38.3 Å². The Morgan fingerprint density at radius 3 is 2.10 bits per heavy atom. The maximum absolute atomic E-state index is 14.9. The van der Waals surface area contributed by atoms with E-state index in [4.69, 9.17) is 9.47 Å². The minimum absolute atomic E-state index is 0.131. The lowest BCUT2D eigenvalue weighted by atomic mass is 9.69. The molecule has 1 aromatic rings. The van der Waals surface area contributed by atoms with Gasteiger partial charge in [0.05, 0.1) is 18.6 Å². The molecule has 0 spiro atoms. The van der Waals surface area contributed by atoms with Gasteiger partial charge < -0.3 is 14.2 Å². The molecule has 3 nitrogen and oxygen atoms in total. The summed E-state index contributed by atoms with van der Waals surface area (Å²) in [5, 5.41) is 0. The molecule has 0 amide bonds. The van der Waals surface area contributed by atoms with Crippen LogP contribution in [0.5, 0.6) is 11.5 Å². The van der Waals surface area contributed by atoms with Gasteiger partial charge >= 0.3 is 12.2 Å². The van der Waals surface area contributed by atoms with Crippen LogP contribution in [0.2, 0.25) is 0 Å². The van der Waals surface area contributed by atoms with Crippen molar-refractivity contribution in [1.82, 2.24) is 0 Å². The van der Waals surface area contributed by atoms with Gasteiger partial charge in [-0.2, -0.15) is 17.6 Å². The van der Waals surface area contributed by atoms with E-state index in [1.165, 1.54) is 32.1 Å². The molecule has 1 heterocycles. The number of rotatable bonds is 12. The van der Waals surface area contributed by atoms with Crippen LogP contribution in [0.25, 0.3) is 0 Å². The molecule has 4 rings (SSSR count). The van der Waals surface area contributed by atoms with Crippen LogP contribution in [-0.4, -0.2) is 18.8 Å². The zero-order chi connectivity index (χ0) is 30.1. The summed E-state index contributed by atoms with van der Waals surface area (Å²) >= 11 is 0. The lowest BCUT2D eigenvalue weighted by Gasteiger charge is -2.39. The number of benzene rings is 1. The molecule has 0 radical (unpaired) electrons. The van der Waals surface area contributed by atoms with Crippen LogP contribution in [-0.2, 0) is 4.74 Å². The van der Waals surface area contributed by atoms with Crippen LogP contribution in [0.15, 0.2) is 36.6 Å². The molecule has 0 aromatic heterocycles. The first-order valence-electron chi connectivity index (χ1n) is 15.7. The second kappa shape index (κ2) is 15.5. The third-order valence-electron chi connectivity index (χ3n) is 9.44. The minimum atomic E-state index is -3.61. The molecule has 236 valence electrons. The summed E-state index contributed by atoms with van der Waals surface area (Å²) in [6.45, 7) is 3.10. The molecule has 2 atom stereocenters. The number of halogens is 6. The van der Waals surface area contributed by atoms with Gasteiger partial charge in [0.15, 0.2) is 23.6 Å². The van der Waals surface area contributed by atoms with Crippen LogP contribution in [0, 0.1) is 41.2 Å². The molecular formula is C33H44F6O3. The molecular weight excluding hydrogens is 558 g/mol. The van der Waals surface area contributed by atoms with E-state index in [1.807, 2.05) is 0 Å². The highest BCUT2D eigenvalue weighted by atomic mass is 19.3. The summed E-state index contributed by atoms with van der Waals surface area (Å²) in [4.78, 5) is 0. The van der Waals surface area contributed by atoms with Crippen LogP contribution < -0.4 is 9.47 Å². The molecule has 9 heteroatoms. The highest BCUT2D eigenvalue weighted by Crippen LogP contribution is 2.46. The Kier molecular flexibility index (Phi) is 12.1. The number of hydrogen-bond acceptors (Lipinski definition) is 3. The monoisotopic (exact) mass is 602 g/mol. The molecule has 1 aromatic carbocycles. The Labute approximate surface area is 245 Å². The van der Waals surface area contributed by atoms with Crippen molar-refractivity contribution < 1.29 is 40.6 Å². The zero-order valence-corrected chi connectivity index (χ0v) is 24.4. The summed E-state index contributed by atoms with van der Waals surface area (Å²) in [6.07, 6.45) is 12.5. The summed E-state index contributed by atoms with van der Waals surface area (Å²) in [5.41, 5.74) is 0. The average Bonchev–Trinajstić information content (AvgIpc) is 2.96. The van der Waals surface area contributed by atoms with E-state index >= 15 is 0 Å². The van der Waals surface area contributed by atoms with Crippen molar-refractivity contribution in [2.45, 2.75) is 109 Å². The summed E-state index contributed by atoms with van der Waals surface area (Å²) in [6, 6.07) is 1.03. The molecule has 3 aliphatic rings. The predicted octanol–water partition coefficient (Wildman–Crippen LogP) is 10.6. The summed E-state index contributed by atoms with van der Waals surface area (Å²) in [5.74, 6) is -3.55. The first-order chi connectivity index (χ1) is 20.1. The Morgan fingerprint density at radius 2 is 1.52 bits per heavy atom. The maximum Gasteiger partial charge on any atom is 0.400 e. The van der Waals surface area contributed by atoms with Gasteiger partial charge in [-0.3, -0.25) is 0 Å². The van der Waals surface area contributed by atoms with E-state index in [2.05, 4.69) is 23.8 Å². The topological polar surface area (TPSA) is 27.7 Å². The van der Waals surface area contributed by atoms with Gasteiger partial charge in [-0.25, -0.2) is 8.78 Å². The molecule has 0 bridgehead atoms. The molecule has 1 saturated heterocycles. The van der Waals surface area contributed by atoms with Crippen LogP contribution in [0.3, 0.4) is 0 Å². The van der Waals surface area contributed by atoms with Crippen LogP contribution in [0.4, 0.5) is 26.3 Å². The smallest absolute Gasteiger partial charge is 0.400 e. The lowest BCUT2D eigenvalue weighted by Crippen LogP contribution is -2.38. The molecule has 42 heavy (non-hydrogen) atoms. The second-order valence-corrected chi connectivity index (χ2v) is 12.4. The highest BCUT2D eigenvalue weighted by Gasteiger charge is 2.45. The van der Waals surface area contributed by atoms with E-state index < -0.39 is 41.2 Å². The molecule has 2 unspecified atom stereocenters. The van der Waals surface area contributed by atoms with Gasteiger partial charge in [0, 0.05) is 12.1 Å². The SMILES string of the molecule is CCCCCC1CCC(C=CC2CCC(C3CCC(C(F)(F)Oc4cc(F)c(OC=C(F)F)c(F)c4)CC3)CC2)OC1. The van der Waals surface area contributed by atoms with Gasteiger partial charge in [-0.05, 0) is 94.3 Å². The van der Waals surface area contributed by atoms with E-state index in [1.54, 1.807) is 0 Å². The first kappa shape index (κ1) is 32.7. The maximum atomic E-state index is 14.9. The van der Waals surface area contributed by atoms with Gasteiger partial charge in [0.25, 0.3) is 0 Å². The number of ether oxygens (including phenoxy) is 3. The van der Waals surface area contributed by atoms with Crippen molar-refractivity contribution in [1.29, 1.82) is 0 Å². The standard InChI is InChI=1S/C33H44F6O3/c1-2-3-4-5-23-9-17-27(40-20-23)16-8-22-6-10-24(11-7-22)25-12-14-26(15-13-25)33(38,39)42-28-18-29(34)32(30(35)19-28)41-21-31(36)37/h8,16,18-19,21-27H,2-7,9-15,17,20H2,1H3. The Bertz CT molecular complexity index is 1010. The minimum Gasteiger partial charge on any atom is -0.453 e. The van der Waals surface area contributed by atoms with Crippen molar-refractivity contribution in [2.75, 3.05) is 6.61 Å². The van der Waals surface area contributed by atoms with E-state index in [0.717, 1.165) is 38.7 Å². The van der Waals surface area contributed by atoms with Crippen molar-refractivity contribution >= 4 is 0 Å². The fourth-order valence-corrected chi connectivity index (χ4v) is 6.96. The van der Waals surface area contributed by atoms with E-state index in [0.29, 0.717) is 48.6 Å². The quantitative estimate of drug-likeness (QED) is 0.103. The zero-order valence-electron chi connectivity index (χ0n) is 24.4. The van der Waals surface area contributed by atoms with Crippen LogP contribution in [0.1, 0.15) is 96.8 Å². The molecule has 2 saturated carbocycles. The average molecular weight is 603 g/mol. The van der Waals surface area contributed by atoms with Crippen molar-refractivity contribution in [3.63, 3.8) is 0 Å². The van der Waals surface area contributed by atoms with Gasteiger partial charge in [0.2, 0.25) is 0 Å². The van der Waals surface area contributed by atoms with Gasteiger partial charge in [-0.15, -0.1) is 0 Å². The lowest BCUT2D eigenvalue weighted by molar-refractivity contribution is -0.224.